The van der Waals surface area contributed by atoms with Crippen LogP contribution in [-0.4, -0.2) is 21.9 Å². The van der Waals surface area contributed by atoms with Crippen molar-refractivity contribution >= 4 is 58.1 Å². The van der Waals surface area contributed by atoms with Gasteiger partial charge in [-0.3, -0.25) is 4.79 Å². The van der Waals surface area contributed by atoms with Gasteiger partial charge in [-0.2, -0.15) is 0 Å². The Bertz CT molecular complexity index is 918. The number of aromatic nitrogens is 2. The van der Waals surface area contributed by atoms with Gasteiger partial charge in [-0.1, -0.05) is 89.8 Å². The summed E-state index contributed by atoms with van der Waals surface area (Å²) in [7, 11) is 0. The number of anilines is 1. The molecule has 0 aliphatic carbocycles. The molecule has 140 valence electrons. The molecule has 0 aliphatic heterocycles. The van der Waals surface area contributed by atoms with Gasteiger partial charge in [0.2, 0.25) is 5.91 Å². The highest BCUT2D eigenvalue weighted by atomic mass is 35.5. The van der Waals surface area contributed by atoms with Crippen molar-refractivity contribution in [2.75, 3.05) is 11.1 Å². The van der Waals surface area contributed by atoms with E-state index in [1.165, 1.54) is 23.1 Å². The van der Waals surface area contributed by atoms with E-state index in [2.05, 4.69) is 22.4 Å². The van der Waals surface area contributed by atoms with Crippen molar-refractivity contribution in [1.29, 1.82) is 0 Å². The van der Waals surface area contributed by atoms with Gasteiger partial charge in [-0.25, -0.2) is 0 Å². The largest absolute Gasteiger partial charge is 0.325 e. The molecular weight excluding hydrogens is 418 g/mol. The number of carbonyl (C=O) groups excluding carboxylic acids is 1. The quantitative estimate of drug-likeness (QED) is 0.455. The number of carbonyl (C=O) groups is 1. The van der Waals surface area contributed by atoms with Gasteiger partial charge in [-0.05, 0) is 35.9 Å². The number of halogens is 1. The van der Waals surface area contributed by atoms with E-state index >= 15 is 0 Å². The lowest BCUT2D eigenvalue weighted by Crippen LogP contribution is -2.19. The summed E-state index contributed by atoms with van der Waals surface area (Å²) >= 11 is 10.8. The number of nitrogens with zero attached hydrogens (tertiary/aromatic N) is 2. The normalized spacial score (nSPS) is 12.0. The summed E-state index contributed by atoms with van der Waals surface area (Å²) < 4.78 is 1.69. The second kappa shape index (κ2) is 9.59. The lowest BCUT2D eigenvalue weighted by atomic mass is 10.1. The molecule has 0 fully saturated rings. The highest BCUT2D eigenvalue weighted by Gasteiger charge is 2.24. The zero-order chi connectivity index (χ0) is 19.2. The Kier molecular flexibility index (Phi) is 7.18. The molecule has 3 aromatic rings. The average molecular weight is 436 g/mol. The molecule has 0 radical (unpaired) electrons. The van der Waals surface area contributed by atoms with Gasteiger partial charge in [0.25, 0.3) is 0 Å². The summed E-state index contributed by atoms with van der Waals surface area (Å²) in [5.74, 6) is 0.821. The molecule has 1 heterocycles. The minimum absolute atomic E-state index is 0.119. The molecule has 1 atom stereocenters. The fourth-order valence-corrected chi connectivity index (χ4v) is 5.60. The molecule has 4 nitrogen and oxygen atoms in total. The molecule has 8 heteroatoms. The van der Waals surface area contributed by atoms with Gasteiger partial charge in [0.05, 0.1) is 0 Å². The van der Waals surface area contributed by atoms with Crippen molar-refractivity contribution < 1.29 is 4.79 Å². The van der Waals surface area contributed by atoms with E-state index in [-0.39, 0.29) is 5.91 Å². The van der Waals surface area contributed by atoms with Crippen molar-refractivity contribution in [3.8, 4) is 0 Å². The molecule has 1 unspecified atom stereocenters. The third-order valence-corrected chi connectivity index (χ3v) is 7.34. The van der Waals surface area contributed by atoms with E-state index in [4.69, 9.17) is 11.6 Å². The van der Waals surface area contributed by atoms with E-state index in [0.717, 1.165) is 25.6 Å². The van der Waals surface area contributed by atoms with Gasteiger partial charge < -0.3 is 5.32 Å². The SMILES string of the molecule is CCSc1nnc(SC(C(=O)Nc2ccc(C)c(Cl)c2)c2ccccc2)s1. The van der Waals surface area contributed by atoms with E-state index in [1.54, 1.807) is 17.8 Å². The second-order valence-corrected chi connectivity index (χ2v) is 9.88. The van der Waals surface area contributed by atoms with Crippen LogP contribution in [0.3, 0.4) is 0 Å². The van der Waals surface area contributed by atoms with Crippen molar-refractivity contribution in [3.05, 3.63) is 64.7 Å². The molecule has 0 saturated carbocycles. The standard InChI is InChI=1S/C19H18ClN3OS3/c1-3-25-18-22-23-19(27-18)26-16(13-7-5-4-6-8-13)17(24)21-14-10-9-12(2)15(20)11-14/h4-11,16H,3H2,1-2H3,(H,21,24). The maximum Gasteiger partial charge on any atom is 0.242 e. The van der Waals surface area contributed by atoms with Gasteiger partial charge in [-0.15, -0.1) is 10.2 Å². The first-order chi connectivity index (χ1) is 13.1. The van der Waals surface area contributed by atoms with Crippen LogP contribution in [0.25, 0.3) is 0 Å². The number of aryl methyl sites for hydroxylation is 1. The Balaban J connectivity index is 1.82. The number of rotatable bonds is 7. The van der Waals surface area contributed by atoms with Gasteiger partial charge in [0.15, 0.2) is 8.68 Å². The number of amides is 1. The molecule has 2 aromatic carbocycles. The van der Waals surface area contributed by atoms with Crippen molar-refractivity contribution in [2.24, 2.45) is 0 Å². The zero-order valence-corrected chi connectivity index (χ0v) is 18.0. The Morgan fingerprint density at radius 2 is 1.93 bits per heavy atom. The first-order valence-corrected chi connectivity index (χ1v) is 11.4. The predicted molar refractivity (Wildman–Crippen MR) is 116 cm³/mol. The Labute approximate surface area is 176 Å². The van der Waals surface area contributed by atoms with Gasteiger partial charge in [0.1, 0.15) is 5.25 Å². The van der Waals surface area contributed by atoms with Crippen LogP contribution in [0.15, 0.2) is 57.2 Å². The van der Waals surface area contributed by atoms with Crippen LogP contribution in [0, 0.1) is 6.92 Å². The molecule has 1 N–H and O–H groups in total. The lowest BCUT2D eigenvalue weighted by molar-refractivity contribution is -0.115. The summed E-state index contributed by atoms with van der Waals surface area (Å²) in [5, 5.41) is 11.6. The lowest BCUT2D eigenvalue weighted by Gasteiger charge is -2.16. The van der Waals surface area contributed by atoms with E-state index < -0.39 is 5.25 Å². The predicted octanol–water partition coefficient (Wildman–Crippen LogP) is 6.08. The molecule has 0 bridgehead atoms. The maximum absolute atomic E-state index is 13.0. The molecule has 0 saturated heterocycles. The van der Waals surface area contributed by atoms with Crippen LogP contribution in [0.5, 0.6) is 0 Å². The average Bonchev–Trinajstić information content (AvgIpc) is 3.11. The first kappa shape index (κ1) is 20.2. The second-order valence-electron chi connectivity index (χ2n) is 5.63. The van der Waals surface area contributed by atoms with Crippen LogP contribution in [0.2, 0.25) is 5.02 Å². The van der Waals surface area contributed by atoms with Crippen LogP contribution in [-0.2, 0) is 4.79 Å². The zero-order valence-electron chi connectivity index (χ0n) is 14.8. The van der Waals surface area contributed by atoms with E-state index in [0.29, 0.717) is 10.7 Å². The summed E-state index contributed by atoms with van der Waals surface area (Å²) in [5.41, 5.74) is 2.56. The Hall–Kier alpha value is -1.54. The topological polar surface area (TPSA) is 54.9 Å². The third kappa shape index (κ3) is 5.48. The van der Waals surface area contributed by atoms with Gasteiger partial charge in [0, 0.05) is 10.7 Å². The minimum Gasteiger partial charge on any atom is -0.325 e. The van der Waals surface area contributed by atoms with Crippen LogP contribution < -0.4 is 5.32 Å². The Morgan fingerprint density at radius 3 is 2.63 bits per heavy atom. The number of thioether (sulfide) groups is 2. The number of nitrogens with one attached hydrogen (secondary N) is 1. The summed E-state index contributed by atoms with van der Waals surface area (Å²) in [4.78, 5) is 13.0. The molecule has 0 spiro atoms. The molecule has 27 heavy (non-hydrogen) atoms. The summed E-state index contributed by atoms with van der Waals surface area (Å²) in [6.45, 7) is 4.00. The maximum atomic E-state index is 13.0. The monoisotopic (exact) mass is 435 g/mol. The highest BCUT2D eigenvalue weighted by Crippen LogP contribution is 2.39. The van der Waals surface area contributed by atoms with E-state index in [9.17, 15) is 4.79 Å². The number of benzene rings is 2. The first-order valence-electron chi connectivity index (χ1n) is 8.31. The number of hydrogen-bond donors (Lipinski definition) is 1. The Morgan fingerprint density at radius 1 is 1.19 bits per heavy atom. The number of hydrogen-bond acceptors (Lipinski definition) is 6. The molecule has 0 aliphatic rings. The van der Waals surface area contributed by atoms with Gasteiger partial charge >= 0.3 is 0 Å². The smallest absolute Gasteiger partial charge is 0.242 e. The van der Waals surface area contributed by atoms with E-state index in [1.807, 2.05) is 49.4 Å². The highest BCUT2D eigenvalue weighted by molar-refractivity contribution is 8.03. The molecule has 3 rings (SSSR count). The fraction of sp³-hybridized carbons (Fsp3) is 0.211. The summed E-state index contributed by atoms with van der Waals surface area (Å²) in [6.07, 6.45) is 0. The molecular formula is C19H18ClN3OS3. The van der Waals surface area contributed by atoms with Crippen molar-refractivity contribution in [3.63, 3.8) is 0 Å². The summed E-state index contributed by atoms with van der Waals surface area (Å²) in [6, 6.07) is 15.2. The minimum atomic E-state index is -0.432. The van der Waals surface area contributed by atoms with Crippen LogP contribution in [0.4, 0.5) is 5.69 Å². The third-order valence-electron chi connectivity index (χ3n) is 3.65. The van der Waals surface area contributed by atoms with Crippen LogP contribution >= 0.6 is 46.5 Å². The molecule has 1 aromatic heterocycles. The van der Waals surface area contributed by atoms with Crippen LogP contribution in [0.1, 0.15) is 23.3 Å². The molecule has 1 amide bonds. The van der Waals surface area contributed by atoms with Crippen molar-refractivity contribution in [2.45, 2.75) is 27.8 Å². The fourth-order valence-electron chi connectivity index (χ4n) is 2.31. The van der Waals surface area contributed by atoms with Crippen molar-refractivity contribution in [1.82, 2.24) is 10.2 Å².